The number of carbonyl (C=O) groups is 6. The molecule has 25 heteroatoms. The van der Waals surface area contributed by atoms with Gasteiger partial charge in [-0.2, -0.15) is 5.26 Å². The topological polar surface area (TPSA) is 286 Å². The quantitative estimate of drug-likeness (QED) is 0.0251. The van der Waals surface area contributed by atoms with Crippen molar-refractivity contribution in [2.45, 2.75) is 95.4 Å². The Hall–Kier alpha value is -9.25. The number of anilines is 5. The summed E-state index contributed by atoms with van der Waals surface area (Å²) in [6, 6.07) is 5.86. The molecule has 4 fully saturated rings. The van der Waals surface area contributed by atoms with Crippen LogP contribution < -0.4 is 47.9 Å². The number of rotatable bonds is 8. The van der Waals surface area contributed by atoms with Crippen LogP contribution >= 0.6 is 12.2 Å². The van der Waals surface area contributed by atoms with E-state index in [1.54, 1.807) is 34.3 Å². The van der Waals surface area contributed by atoms with Crippen molar-refractivity contribution in [3.05, 3.63) is 147 Å². The molecule has 436 valence electrons. The first-order valence-electron chi connectivity index (χ1n) is 33.4. The third-order valence-corrected chi connectivity index (χ3v) is 13.2. The lowest BCUT2D eigenvalue weighted by atomic mass is 9.75. The van der Waals surface area contributed by atoms with Gasteiger partial charge < -0.3 is 47.8 Å². The fourth-order valence-corrected chi connectivity index (χ4v) is 7.70. The van der Waals surface area contributed by atoms with E-state index in [9.17, 15) is 41.9 Å². The molecule has 0 unspecified atom stereocenters. The minimum atomic E-state index is -2.89. The minimum absolute atomic E-state index is 0.0902. The Morgan fingerprint density at radius 1 is 0.735 bits per heavy atom. The largest absolute Gasteiger partial charge is 0.399 e. The molecule has 4 aromatic carbocycles. The Labute approximate surface area is 510 Å². The molecule has 9 N–H and O–H groups in total. The van der Waals surface area contributed by atoms with Gasteiger partial charge in [0.05, 0.1) is 42.2 Å². The summed E-state index contributed by atoms with van der Waals surface area (Å²) in [5, 5.41) is 26.5. The summed E-state index contributed by atoms with van der Waals surface area (Å²) in [6.45, 7) is 3.79. The number of nitrogens with zero attached hydrogens (tertiary/aromatic N) is 6. The van der Waals surface area contributed by atoms with Crippen molar-refractivity contribution >= 4 is 95.0 Å². The smallest absolute Gasteiger partial charge is 0.272 e. The van der Waals surface area contributed by atoms with E-state index in [1.165, 1.54) is 22.1 Å². The summed E-state index contributed by atoms with van der Waals surface area (Å²) in [4.78, 5) is 79.9. The molecule has 9 rings (SSSR count). The first kappa shape index (κ1) is 43.5. The molecule has 4 aliphatic rings. The van der Waals surface area contributed by atoms with Crippen LogP contribution in [0.15, 0.2) is 84.9 Å². The Morgan fingerprint density at radius 3 is 1.65 bits per heavy atom. The number of halogens is 4. The number of aryl methyl sites for hydroxylation is 1. The maximum absolute atomic E-state index is 15.2. The number of amides is 5. The number of nitrogens with one attached hydrogen (secondary N) is 5. The third-order valence-electron chi connectivity index (χ3n) is 12.2. The van der Waals surface area contributed by atoms with E-state index in [0.29, 0.717) is 49.1 Å². The predicted octanol–water partition coefficient (Wildman–Crippen LogP) is 9.21. The van der Waals surface area contributed by atoms with E-state index in [1.807, 2.05) is 19.6 Å². The highest BCUT2D eigenvalue weighted by molar-refractivity contribution is 7.81. The lowest BCUT2D eigenvalue weighted by Gasteiger charge is -2.43. The molecule has 5 amide bonds. The van der Waals surface area contributed by atoms with Crippen molar-refractivity contribution in [1.82, 2.24) is 26.3 Å². The second-order valence-electron chi connectivity index (χ2n) is 19.1. The Morgan fingerprint density at radius 2 is 1.23 bits per heavy atom. The van der Waals surface area contributed by atoms with Gasteiger partial charge in [-0.3, -0.25) is 33.7 Å². The molecular formula is C58H65F4N13O6SSi. The molecule has 1 aliphatic heterocycles. The highest BCUT2D eigenvalue weighted by Gasteiger charge is 2.60. The number of nitrogen functional groups attached to an aromatic ring is 2. The number of thiocarbonyl (C=S) groups is 1. The lowest BCUT2D eigenvalue weighted by Crippen LogP contribution is -2.55. The van der Waals surface area contributed by atoms with Gasteiger partial charge >= 0.3 is 0 Å². The fourth-order valence-electron chi connectivity index (χ4n) is 7.24. The molecule has 0 atom stereocenters. The number of ketones is 1. The van der Waals surface area contributed by atoms with Gasteiger partial charge in [0.15, 0.2) is 13.2 Å². The first-order valence-corrected chi connectivity index (χ1v) is 28.3. The summed E-state index contributed by atoms with van der Waals surface area (Å²) in [5.41, 5.74) is 8.16. The molecule has 19 nitrogen and oxygen atoms in total. The Bertz CT molecular complexity index is 4210. The number of carbonyl (C=O) groups excluding carboxylic acids is 6. The van der Waals surface area contributed by atoms with E-state index in [2.05, 4.69) is 26.9 Å². The monoisotopic (exact) mass is 1190 g/mol. The molecule has 3 aliphatic carbocycles. The van der Waals surface area contributed by atoms with Crippen LogP contribution in [0, 0.1) is 59.1 Å². The summed E-state index contributed by atoms with van der Waals surface area (Å²) in [5.74, 6) is -9.23. The van der Waals surface area contributed by atoms with E-state index >= 15 is 4.39 Å². The average Bonchev–Trinajstić information content (AvgIpc) is 1.56. The number of pyridine rings is 1. The fraction of sp³-hybridized carbons (Fsp3) is 0.328. The number of nitriles is 2. The van der Waals surface area contributed by atoms with Crippen molar-refractivity contribution in [1.29, 1.82) is 10.5 Å². The van der Waals surface area contributed by atoms with Crippen LogP contribution in [0.4, 0.5) is 51.8 Å². The van der Waals surface area contributed by atoms with Gasteiger partial charge in [-0.05, 0) is 148 Å². The highest BCUT2D eigenvalue weighted by atomic mass is 32.1. The van der Waals surface area contributed by atoms with Crippen molar-refractivity contribution in [2.24, 2.45) is 0 Å². The zero-order valence-electron chi connectivity index (χ0n) is 62.7. The number of Topliss-reactive ketones (excluding diaryl/α,β-unsaturated/α-hetero) is 1. The Kier molecular flexibility index (Phi) is 15.4. The van der Waals surface area contributed by atoms with E-state index in [4.69, 9.17) is 65.5 Å². The molecule has 1 aromatic heterocycles. The van der Waals surface area contributed by atoms with Crippen LogP contribution in [-0.2, 0) is 9.59 Å². The van der Waals surface area contributed by atoms with E-state index in [-0.39, 0.29) is 39.6 Å². The third kappa shape index (κ3) is 16.9. The standard InChI is InChI=1S/C21H18FN5O2S.C13H14FN3O.2C8H9FN2O.C4H9NSi.C4H6O/c1-12-9-14(11-25-17(12)23-2)26-19(29)21(7-4-8-21)27(20(26)30)13-5-6-15(16(22)10-13)18(28)24-3;1-16-12(18)10-4-3-9(7-11(10)14)17-13(8-15)5-2-6-13;2*1-11-8(12)6-3-2-5(10)4-7(6)9;1-6(2,3)4-5;5-4-2-1-3-4/h5-6,9-11H,4,7-8H2,1,3H3,(H,24,28);3-4,7,17H,2,5-6H2,1H3,(H,16,18);2*2-4H,10H2,1H3,(H,11,12);1-3H3;1-3H2/i3D3,5D,10D;1D3,3D,7D;1D3,2D,4D;1D3;;. The molecule has 0 radical (unpaired) electrons. The number of hydrogen-bond donors (Lipinski definition) is 7. The predicted molar refractivity (Wildman–Crippen MR) is 316 cm³/mol. The molecule has 83 heavy (non-hydrogen) atoms. The van der Waals surface area contributed by atoms with Crippen LogP contribution in [0.25, 0.3) is 4.85 Å². The van der Waals surface area contributed by atoms with Crippen LogP contribution in [-0.4, -0.2) is 92.5 Å². The normalized spacial score (nSPS) is 18.3. The number of aromatic nitrogens is 1. The van der Waals surface area contributed by atoms with Gasteiger partial charge in [0, 0.05) is 85.6 Å². The van der Waals surface area contributed by atoms with Crippen molar-refractivity contribution in [2.75, 3.05) is 54.5 Å². The summed E-state index contributed by atoms with van der Waals surface area (Å²) in [6.07, 6.45) is 7.35. The van der Waals surface area contributed by atoms with Crippen LogP contribution in [0.5, 0.6) is 0 Å². The van der Waals surface area contributed by atoms with Gasteiger partial charge in [-0.25, -0.2) is 22.8 Å². The summed E-state index contributed by atoms with van der Waals surface area (Å²) >= 11 is 5.58. The molecule has 3 saturated carbocycles. The van der Waals surface area contributed by atoms with Crippen molar-refractivity contribution in [3.63, 3.8) is 0 Å². The van der Waals surface area contributed by atoms with E-state index in [0.717, 1.165) is 56.0 Å². The zero-order valence-corrected chi connectivity index (χ0v) is 46.5. The maximum Gasteiger partial charge on any atom is 0.272 e. The average molecular weight is 1190 g/mol. The van der Waals surface area contributed by atoms with Gasteiger partial charge in [0.25, 0.3) is 35.4 Å². The van der Waals surface area contributed by atoms with Crippen LogP contribution in [0.3, 0.4) is 0 Å². The summed E-state index contributed by atoms with van der Waals surface area (Å²) in [7, 11) is -1.33. The van der Waals surface area contributed by atoms with Crippen LogP contribution in [0.2, 0.25) is 19.6 Å². The molecule has 1 spiro atoms. The summed E-state index contributed by atoms with van der Waals surface area (Å²) < 4.78 is 186. The van der Waals surface area contributed by atoms with E-state index < -0.39 is 152 Å². The number of nitrogens with two attached hydrogens (primary N) is 2. The zero-order chi connectivity index (χ0) is 77.2. The maximum atomic E-state index is 15.2. The van der Waals surface area contributed by atoms with Crippen LogP contribution in [0.1, 0.15) is 129 Å². The molecule has 1 saturated heterocycles. The molecule has 2 heterocycles. The van der Waals surface area contributed by atoms with Gasteiger partial charge in [0.1, 0.15) is 46.3 Å². The molecular weight excluding hydrogens is 1110 g/mol. The Balaban J connectivity index is 0.000000284. The van der Waals surface area contributed by atoms with Crippen molar-refractivity contribution in [3.8, 4) is 11.8 Å². The minimum Gasteiger partial charge on any atom is -0.399 e. The lowest BCUT2D eigenvalue weighted by molar-refractivity contribution is -0.124. The first-order chi connectivity index (χ1) is 46.3. The van der Waals surface area contributed by atoms with Gasteiger partial charge in [-0.15, -0.1) is 4.98 Å². The van der Waals surface area contributed by atoms with Crippen molar-refractivity contribution < 1.29 is 71.0 Å². The second kappa shape index (κ2) is 29.5. The molecule has 0 bridgehead atoms. The second-order valence-corrected chi connectivity index (χ2v) is 24.2. The highest BCUT2D eigenvalue weighted by Crippen LogP contribution is 2.48. The van der Waals surface area contributed by atoms with Gasteiger partial charge in [0.2, 0.25) is 0 Å². The number of benzene rings is 4. The number of hydrogen-bond acceptors (Lipinski definition) is 13. The SMILES string of the molecule is C[Si](C)(C)C#N.O=C1CCC1.[2H]C([2H])([2H])NC(=O)c1ccc(N)cc1F.[2H]c1cc(C(=O)NC([2H])([2H])[2H])c(F)c([2H])c1N.[2H]c1cc(C(=O)NC([2H])([2H])[2H])c(F)c([2H])c1N1C(=S)N(c2cnc([N+]#[C-])c(C)c2)C(=O)C12CCC2.[2H]c1cc(C(=O)NC([2H])([2H])[2H])c(F)c([2H])c1NC1(C#N)CCC1. The molecule has 5 aromatic rings. The van der Waals surface area contributed by atoms with Gasteiger partial charge in [-0.1, -0.05) is 26.2 Å².